The maximum atomic E-state index is 12.4. The first-order chi connectivity index (χ1) is 17.2. The predicted octanol–water partition coefficient (Wildman–Crippen LogP) is 5.85. The van der Waals surface area contributed by atoms with Crippen LogP contribution in [0.3, 0.4) is 0 Å². The van der Waals surface area contributed by atoms with Crippen molar-refractivity contribution in [3.63, 3.8) is 0 Å². The van der Waals surface area contributed by atoms with Crippen LogP contribution in [-0.2, 0) is 4.79 Å². The van der Waals surface area contributed by atoms with Crippen molar-refractivity contribution in [2.45, 2.75) is 0 Å². The van der Waals surface area contributed by atoms with E-state index in [0.29, 0.717) is 26.3 Å². The maximum absolute atomic E-state index is 12.4. The molecule has 3 aromatic rings. The highest BCUT2D eigenvalue weighted by Gasteiger charge is 2.25. The molecule has 0 unspecified atom stereocenters. The van der Waals surface area contributed by atoms with Crippen LogP contribution < -0.4 is 14.8 Å². The lowest BCUT2D eigenvalue weighted by molar-refractivity contribution is -0.394. The second kappa shape index (κ2) is 10.5. The Morgan fingerprint density at radius 2 is 1.69 bits per heavy atom. The zero-order chi connectivity index (χ0) is 25.8. The van der Waals surface area contributed by atoms with Gasteiger partial charge in [0.05, 0.1) is 33.6 Å². The molecule has 1 saturated heterocycles. The van der Waals surface area contributed by atoms with E-state index in [4.69, 9.17) is 21.1 Å². The molecule has 1 aliphatic rings. The molecule has 182 valence electrons. The molecule has 1 amide bonds. The summed E-state index contributed by atoms with van der Waals surface area (Å²) in [5, 5.41) is 26.0. The summed E-state index contributed by atoms with van der Waals surface area (Å²) in [7, 11) is 1.39. The minimum Gasteiger partial charge on any atom is -0.493 e. The normalized spacial score (nSPS) is 15.1. The summed E-state index contributed by atoms with van der Waals surface area (Å²) in [6, 6.07) is 14.6. The van der Waals surface area contributed by atoms with Gasteiger partial charge in [-0.25, -0.2) is 4.99 Å². The largest absolute Gasteiger partial charge is 0.493 e. The molecular weight excluding hydrogens is 512 g/mol. The number of nitrogens with zero attached hydrogens (tertiary/aromatic N) is 3. The first-order valence-corrected chi connectivity index (χ1v) is 11.3. The molecule has 1 heterocycles. The Bertz CT molecular complexity index is 1440. The molecule has 11 nitrogen and oxygen atoms in total. The topological polar surface area (TPSA) is 146 Å². The number of hydrogen-bond acceptors (Lipinski definition) is 9. The summed E-state index contributed by atoms with van der Waals surface area (Å²) in [5.74, 6) is -0.141. The van der Waals surface area contributed by atoms with E-state index in [-0.39, 0.29) is 23.2 Å². The van der Waals surface area contributed by atoms with Crippen LogP contribution in [0.25, 0.3) is 6.08 Å². The van der Waals surface area contributed by atoms with Crippen LogP contribution in [-0.4, -0.2) is 28.0 Å². The van der Waals surface area contributed by atoms with Gasteiger partial charge in [0.15, 0.2) is 16.7 Å². The van der Waals surface area contributed by atoms with Gasteiger partial charge >= 0.3 is 5.69 Å². The number of halogens is 1. The van der Waals surface area contributed by atoms with Gasteiger partial charge in [0.25, 0.3) is 11.6 Å². The Kier molecular flexibility index (Phi) is 7.17. The number of rotatable bonds is 7. The molecule has 0 aliphatic carbocycles. The molecular formula is C23H15ClN4O7S. The third kappa shape index (κ3) is 5.62. The summed E-state index contributed by atoms with van der Waals surface area (Å²) in [4.78, 5) is 38.0. The molecule has 0 atom stereocenters. The lowest BCUT2D eigenvalue weighted by Crippen LogP contribution is -2.19. The molecule has 0 saturated carbocycles. The standard InChI is InChI=1S/C23H15ClN4O7S/c1-34-20-10-13(11-21-22(29)26-23(36-21)25-15-5-3-14(24)4-6-15)2-8-19(20)35-18-9-7-16(27(30)31)12-17(18)28(32)33/h2-12H,1H3,(H,25,26,29)/b21-11-. The number of aliphatic imine (C=N–C) groups is 1. The molecule has 0 bridgehead atoms. The van der Waals surface area contributed by atoms with Crippen LogP contribution in [0, 0.1) is 20.2 Å². The van der Waals surface area contributed by atoms with E-state index in [2.05, 4.69) is 10.3 Å². The summed E-state index contributed by atoms with van der Waals surface area (Å²) in [5.41, 5.74) is 0.230. The Balaban J connectivity index is 1.57. The summed E-state index contributed by atoms with van der Waals surface area (Å²) >= 11 is 7.04. The monoisotopic (exact) mass is 526 g/mol. The van der Waals surface area contributed by atoms with Crippen LogP contribution in [0.15, 0.2) is 70.6 Å². The van der Waals surface area contributed by atoms with Gasteiger partial charge in [0, 0.05) is 11.1 Å². The number of ether oxygens (including phenoxy) is 2. The van der Waals surface area contributed by atoms with Crippen LogP contribution in [0.2, 0.25) is 5.02 Å². The number of carbonyl (C=O) groups is 1. The number of non-ortho nitro benzene ring substituents is 1. The molecule has 3 aromatic carbocycles. The van der Waals surface area contributed by atoms with Crippen LogP contribution in [0.5, 0.6) is 17.2 Å². The molecule has 0 spiro atoms. The lowest BCUT2D eigenvalue weighted by Gasteiger charge is -2.11. The van der Waals surface area contributed by atoms with Crippen LogP contribution in [0.1, 0.15) is 5.56 Å². The molecule has 1 aliphatic heterocycles. The molecule has 1 N–H and O–H groups in total. The number of carbonyl (C=O) groups excluding carboxylic acids is 1. The number of nitrogens with one attached hydrogen (secondary N) is 1. The molecule has 1 fully saturated rings. The van der Waals surface area contributed by atoms with Crippen LogP contribution >= 0.6 is 23.4 Å². The van der Waals surface area contributed by atoms with Gasteiger partial charge in [0.2, 0.25) is 5.75 Å². The van der Waals surface area contributed by atoms with Crippen molar-refractivity contribution in [1.29, 1.82) is 0 Å². The first kappa shape index (κ1) is 24.7. The third-order valence-electron chi connectivity index (χ3n) is 4.76. The molecule has 13 heteroatoms. The average Bonchev–Trinajstić information content (AvgIpc) is 3.19. The predicted molar refractivity (Wildman–Crippen MR) is 135 cm³/mol. The fraction of sp³-hybridized carbons (Fsp3) is 0.0435. The van der Waals surface area contributed by atoms with E-state index >= 15 is 0 Å². The van der Waals surface area contributed by atoms with Gasteiger partial charge in [-0.3, -0.25) is 25.0 Å². The highest BCUT2D eigenvalue weighted by Crippen LogP contribution is 2.39. The van der Waals surface area contributed by atoms with Crippen molar-refractivity contribution < 1.29 is 24.1 Å². The SMILES string of the molecule is COc1cc(/C=C2\SC(=Nc3ccc(Cl)cc3)NC2=O)ccc1Oc1ccc([N+](=O)[O-])cc1[N+](=O)[O-]. The van der Waals surface area contributed by atoms with Crippen molar-refractivity contribution in [2.24, 2.45) is 4.99 Å². The Hall–Kier alpha value is -4.42. The zero-order valence-electron chi connectivity index (χ0n) is 18.3. The molecule has 0 radical (unpaired) electrons. The summed E-state index contributed by atoms with van der Waals surface area (Å²) < 4.78 is 11.0. The molecule has 4 rings (SSSR count). The Labute approximate surface area is 212 Å². The second-order valence-corrected chi connectivity index (χ2v) is 8.60. The zero-order valence-corrected chi connectivity index (χ0v) is 19.9. The number of methoxy groups -OCH3 is 1. The fourth-order valence-electron chi connectivity index (χ4n) is 3.09. The van der Waals surface area contributed by atoms with E-state index < -0.39 is 21.2 Å². The number of thioether (sulfide) groups is 1. The summed E-state index contributed by atoms with van der Waals surface area (Å²) in [6.07, 6.45) is 1.63. The number of amides is 1. The van der Waals surface area contributed by atoms with Gasteiger partial charge in [-0.1, -0.05) is 17.7 Å². The number of amidine groups is 1. The van der Waals surface area contributed by atoms with E-state index in [9.17, 15) is 25.0 Å². The molecule has 0 aromatic heterocycles. The van der Waals surface area contributed by atoms with Crippen molar-refractivity contribution in [1.82, 2.24) is 5.32 Å². The minimum atomic E-state index is -0.771. The fourth-order valence-corrected chi connectivity index (χ4v) is 4.06. The quantitative estimate of drug-likeness (QED) is 0.229. The molecule has 36 heavy (non-hydrogen) atoms. The van der Waals surface area contributed by atoms with E-state index in [1.807, 2.05) is 0 Å². The van der Waals surface area contributed by atoms with Gasteiger partial charge < -0.3 is 14.8 Å². The lowest BCUT2D eigenvalue weighted by atomic mass is 10.2. The van der Waals surface area contributed by atoms with Gasteiger partial charge in [0.1, 0.15) is 0 Å². The van der Waals surface area contributed by atoms with Crippen LogP contribution in [0.4, 0.5) is 17.1 Å². The second-order valence-electron chi connectivity index (χ2n) is 7.14. The van der Waals surface area contributed by atoms with Crippen molar-refractivity contribution in [3.8, 4) is 17.2 Å². The maximum Gasteiger partial charge on any atom is 0.318 e. The van der Waals surface area contributed by atoms with Gasteiger partial charge in [-0.15, -0.1) is 0 Å². The highest BCUT2D eigenvalue weighted by molar-refractivity contribution is 8.18. The van der Waals surface area contributed by atoms with E-state index in [0.717, 1.165) is 30.0 Å². The van der Waals surface area contributed by atoms with E-state index in [1.165, 1.54) is 13.2 Å². The van der Waals surface area contributed by atoms with Crippen molar-refractivity contribution >= 4 is 57.6 Å². The average molecular weight is 527 g/mol. The summed E-state index contributed by atoms with van der Waals surface area (Å²) in [6.45, 7) is 0. The third-order valence-corrected chi connectivity index (χ3v) is 5.93. The number of benzene rings is 3. The number of nitro groups is 2. The number of hydrogen-bond donors (Lipinski definition) is 1. The van der Waals surface area contributed by atoms with Crippen molar-refractivity contribution in [3.05, 3.63) is 96.4 Å². The highest BCUT2D eigenvalue weighted by atomic mass is 35.5. The first-order valence-electron chi connectivity index (χ1n) is 10.1. The van der Waals surface area contributed by atoms with Gasteiger partial charge in [-0.2, -0.15) is 0 Å². The Morgan fingerprint density at radius 1 is 0.972 bits per heavy atom. The minimum absolute atomic E-state index is 0.144. The van der Waals surface area contributed by atoms with Crippen molar-refractivity contribution in [2.75, 3.05) is 7.11 Å². The van der Waals surface area contributed by atoms with Gasteiger partial charge in [-0.05, 0) is 65.9 Å². The smallest absolute Gasteiger partial charge is 0.318 e. The van der Waals surface area contributed by atoms with E-state index in [1.54, 1.807) is 42.5 Å². The Morgan fingerprint density at radius 3 is 2.36 bits per heavy atom. The number of nitro benzene ring substituents is 2.